The van der Waals surface area contributed by atoms with Gasteiger partial charge in [0.15, 0.2) is 6.29 Å². The standard InChI is InChI=1S/C11H15NO4/c1-8(13)16-7-6-12-11(15)9-4-2-3-5-10(9)14/h2-5,8,13-14H,6-7H2,1H3,(H,12,15). The van der Waals surface area contributed by atoms with Gasteiger partial charge < -0.3 is 20.3 Å². The van der Waals surface area contributed by atoms with Gasteiger partial charge in [-0.2, -0.15) is 0 Å². The molecule has 0 saturated carbocycles. The van der Waals surface area contributed by atoms with Crippen molar-refractivity contribution in [3.63, 3.8) is 0 Å². The van der Waals surface area contributed by atoms with Gasteiger partial charge in [0, 0.05) is 6.54 Å². The minimum atomic E-state index is -0.845. The van der Waals surface area contributed by atoms with Gasteiger partial charge in [0.05, 0.1) is 12.2 Å². The molecular formula is C11H15NO4. The van der Waals surface area contributed by atoms with E-state index in [0.29, 0.717) is 0 Å². The van der Waals surface area contributed by atoms with E-state index < -0.39 is 6.29 Å². The lowest BCUT2D eigenvalue weighted by molar-refractivity contribution is -0.0831. The van der Waals surface area contributed by atoms with Crippen molar-refractivity contribution in [2.45, 2.75) is 13.2 Å². The summed E-state index contributed by atoms with van der Waals surface area (Å²) >= 11 is 0. The van der Waals surface area contributed by atoms with Crippen molar-refractivity contribution in [1.82, 2.24) is 5.32 Å². The third-order valence-electron chi connectivity index (χ3n) is 1.90. The Labute approximate surface area is 93.7 Å². The molecule has 1 aromatic rings. The fourth-order valence-electron chi connectivity index (χ4n) is 1.15. The Bertz CT molecular complexity index is 352. The number of rotatable bonds is 5. The minimum Gasteiger partial charge on any atom is -0.507 e. The van der Waals surface area contributed by atoms with Crippen molar-refractivity contribution in [3.8, 4) is 5.75 Å². The van der Waals surface area contributed by atoms with E-state index in [1.807, 2.05) is 0 Å². The van der Waals surface area contributed by atoms with Crippen molar-refractivity contribution in [2.24, 2.45) is 0 Å². The molecular weight excluding hydrogens is 210 g/mol. The lowest BCUT2D eigenvalue weighted by atomic mass is 10.2. The molecule has 0 fully saturated rings. The molecule has 0 radical (unpaired) electrons. The van der Waals surface area contributed by atoms with Crippen LogP contribution < -0.4 is 5.32 Å². The zero-order valence-electron chi connectivity index (χ0n) is 9.01. The van der Waals surface area contributed by atoms with Crippen molar-refractivity contribution in [3.05, 3.63) is 29.8 Å². The lowest BCUT2D eigenvalue weighted by Crippen LogP contribution is -2.28. The van der Waals surface area contributed by atoms with Gasteiger partial charge in [0.2, 0.25) is 0 Å². The maximum Gasteiger partial charge on any atom is 0.255 e. The van der Waals surface area contributed by atoms with Gasteiger partial charge in [-0.05, 0) is 19.1 Å². The second kappa shape index (κ2) is 6.09. The summed E-state index contributed by atoms with van der Waals surface area (Å²) in [5, 5.41) is 20.8. The predicted octanol–water partition coefficient (Wildman–Crippen LogP) is 0.477. The Kier molecular flexibility index (Phi) is 4.75. The summed E-state index contributed by atoms with van der Waals surface area (Å²) < 4.78 is 4.84. The number of aliphatic hydroxyl groups excluding tert-OH is 1. The van der Waals surface area contributed by atoms with E-state index in [0.717, 1.165) is 0 Å². The highest BCUT2D eigenvalue weighted by atomic mass is 16.6. The Balaban J connectivity index is 2.39. The highest BCUT2D eigenvalue weighted by Crippen LogP contribution is 2.14. The number of carbonyl (C=O) groups excluding carboxylic acids is 1. The highest BCUT2D eigenvalue weighted by Gasteiger charge is 2.08. The number of hydrogen-bond donors (Lipinski definition) is 3. The summed E-state index contributed by atoms with van der Waals surface area (Å²) in [6, 6.07) is 6.28. The molecule has 1 amide bonds. The minimum absolute atomic E-state index is 0.0588. The molecule has 1 rings (SSSR count). The average Bonchev–Trinajstić information content (AvgIpc) is 2.24. The molecule has 0 spiro atoms. The van der Waals surface area contributed by atoms with Crippen LogP contribution in [0.25, 0.3) is 0 Å². The number of aromatic hydroxyl groups is 1. The smallest absolute Gasteiger partial charge is 0.255 e. The Morgan fingerprint density at radius 3 is 2.81 bits per heavy atom. The summed E-state index contributed by atoms with van der Waals surface area (Å²) in [6.45, 7) is 1.99. The van der Waals surface area contributed by atoms with E-state index in [1.54, 1.807) is 12.1 Å². The Hall–Kier alpha value is -1.59. The number of benzene rings is 1. The summed E-state index contributed by atoms with van der Waals surface area (Å²) in [6.07, 6.45) is -0.845. The number of ether oxygens (including phenoxy) is 1. The van der Waals surface area contributed by atoms with Crippen LogP contribution >= 0.6 is 0 Å². The zero-order chi connectivity index (χ0) is 12.0. The number of hydrogen-bond acceptors (Lipinski definition) is 4. The van der Waals surface area contributed by atoms with Gasteiger partial charge >= 0.3 is 0 Å². The normalized spacial score (nSPS) is 12.1. The van der Waals surface area contributed by atoms with Crippen LogP contribution in [0, 0.1) is 0 Å². The SMILES string of the molecule is CC(O)OCCNC(=O)c1ccccc1O. The van der Waals surface area contributed by atoms with Gasteiger partial charge in [-0.25, -0.2) is 0 Å². The number of carbonyl (C=O) groups is 1. The summed E-state index contributed by atoms with van der Waals surface area (Å²) in [4.78, 5) is 11.5. The third kappa shape index (κ3) is 3.88. The van der Waals surface area contributed by atoms with Gasteiger partial charge in [-0.15, -0.1) is 0 Å². The van der Waals surface area contributed by atoms with E-state index in [4.69, 9.17) is 9.84 Å². The van der Waals surface area contributed by atoms with Crippen molar-refractivity contribution >= 4 is 5.91 Å². The van der Waals surface area contributed by atoms with Gasteiger partial charge in [-0.3, -0.25) is 4.79 Å². The van der Waals surface area contributed by atoms with E-state index in [9.17, 15) is 9.90 Å². The number of aliphatic hydroxyl groups is 1. The molecule has 1 aromatic carbocycles. The lowest BCUT2D eigenvalue weighted by Gasteiger charge is -2.08. The number of phenols is 1. The van der Waals surface area contributed by atoms with Gasteiger partial charge in [0.25, 0.3) is 5.91 Å². The van der Waals surface area contributed by atoms with E-state index >= 15 is 0 Å². The van der Waals surface area contributed by atoms with Crippen LogP contribution in [0.2, 0.25) is 0 Å². The van der Waals surface area contributed by atoms with Crippen LogP contribution in [0.4, 0.5) is 0 Å². The second-order valence-electron chi connectivity index (χ2n) is 3.24. The molecule has 88 valence electrons. The largest absolute Gasteiger partial charge is 0.507 e. The molecule has 0 bridgehead atoms. The van der Waals surface area contributed by atoms with Crippen LogP contribution in [-0.2, 0) is 4.74 Å². The molecule has 5 nitrogen and oxygen atoms in total. The van der Waals surface area contributed by atoms with Crippen LogP contribution in [0.3, 0.4) is 0 Å². The fraction of sp³-hybridized carbons (Fsp3) is 0.364. The average molecular weight is 225 g/mol. The van der Waals surface area contributed by atoms with Crippen molar-refractivity contribution in [2.75, 3.05) is 13.2 Å². The van der Waals surface area contributed by atoms with E-state index in [-0.39, 0.29) is 30.4 Å². The first-order chi connectivity index (χ1) is 7.61. The summed E-state index contributed by atoms with van der Waals surface area (Å²) in [5.41, 5.74) is 0.222. The molecule has 0 aromatic heterocycles. The predicted molar refractivity (Wildman–Crippen MR) is 58.1 cm³/mol. The molecule has 0 aliphatic rings. The first-order valence-corrected chi connectivity index (χ1v) is 4.97. The van der Waals surface area contributed by atoms with Crippen molar-refractivity contribution < 1.29 is 19.7 Å². The molecule has 16 heavy (non-hydrogen) atoms. The monoisotopic (exact) mass is 225 g/mol. The molecule has 0 aliphatic heterocycles. The summed E-state index contributed by atoms with van der Waals surface area (Å²) in [5.74, 6) is -0.427. The number of para-hydroxylation sites is 1. The second-order valence-corrected chi connectivity index (χ2v) is 3.24. The molecule has 5 heteroatoms. The van der Waals surface area contributed by atoms with Crippen LogP contribution in [-0.4, -0.2) is 35.6 Å². The third-order valence-corrected chi connectivity index (χ3v) is 1.90. The Morgan fingerprint density at radius 2 is 2.19 bits per heavy atom. The van der Waals surface area contributed by atoms with Crippen LogP contribution in [0.5, 0.6) is 5.75 Å². The maximum atomic E-state index is 11.5. The Morgan fingerprint density at radius 1 is 1.50 bits per heavy atom. The zero-order valence-corrected chi connectivity index (χ0v) is 9.01. The molecule has 1 atom stereocenters. The molecule has 0 heterocycles. The number of nitrogens with one attached hydrogen (secondary N) is 1. The first kappa shape index (κ1) is 12.5. The van der Waals surface area contributed by atoms with Gasteiger partial charge in [-0.1, -0.05) is 12.1 Å². The molecule has 1 unspecified atom stereocenters. The van der Waals surface area contributed by atoms with Crippen LogP contribution in [0.1, 0.15) is 17.3 Å². The van der Waals surface area contributed by atoms with Gasteiger partial charge in [0.1, 0.15) is 5.75 Å². The fourth-order valence-corrected chi connectivity index (χ4v) is 1.15. The molecule has 3 N–H and O–H groups in total. The van der Waals surface area contributed by atoms with E-state index in [1.165, 1.54) is 19.1 Å². The van der Waals surface area contributed by atoms with E-state index in [2.05, 4.69) is 5.32 Å². The van der Waals surface area contributed by atoms with Crippen molar-refractivity contribution in [1.29, 1.82) is 0 Å². The summed E-state index contributed by atoms with van der Waals surface area (Å²) in [7, 11) is 0. The van der Waals surface area contributed by atoms with Crippen LogP contribution in [0.15, 0.2) is 24.3 Å². The first-order valence-electron chi connectivity index (χ1n) is 4.97. The quantitative estimate of drug-likeness (QED) is 0.503. The maximum absolute atomic E-state index is 11.5. The number of amides is 1. The molecule has 0 aliphatic carbocycles. The molecule has 0 saturated heterocycles. The number of phenolic OH excluding ortho intramolecular Hbond substituents is 1. The topological polar surface area (TPSA) is 78.8 Å². The highest BCUT2D eigenvalue weighted by molar-refractivity contribution is 5.96.